The molecule has 21 heavy (non-hydrogen) atoms. The molecular weight excluding hydrogens is 298 g/mol. The van der Waals surface area contributed by atoms with Crippen LogP contribution in [0.2, 0.25) is 4.34 Å². The highest BCUT2D eigenvalue weighted by atomic mass is 35.5. The van der Waals surface area contributed by atoms with Crippen molar-refractivity contribution in [2.75, 3.05) is 6.54 Å². The van der Waals surface area contributed by atoms with Gasteiger partial charge in [-0.05, 0) is 61.1 Å². The molecule has 0 bridgehead atoms. The third kappa shape index (κ3) is 4.71. The largest absolute Gasteiger partial charge is 0.314 e. The lowest BCUT2D eigenvalue weighted by Gasteiger charge is -2.42. The summed E-state index contributed by atoms with van der Waals surface area (Å²) in [6, 6.07) is 4.89. The Kier molecular flexibility index (Phi) is 5.78. The van der Waals surface area contributed by atoms with Crippen molar-refractivity contribution in [2.24, 2.45) is 17.3 Å². The van der Waals surface area contributed by atoms with Crippen molar-refractivity contribution in [3.8, 4) is 0 Å². The summed E-state index contributed by atoms with van der Waals surface area (Å²) in [6.45, 7) is 12.8. The van der Waals surface area contributed by atoms with E-state index in [1.807, 2.05) is 0 Å². The molecule has 0 aromatic carbocycles. The molecule has 0 spiro atoms. The van der Waals surface area contributed by atoms with Gasteiger partial charge in [0, 0.05) is 10.9 Å². The molecule has 1 aromatic heterocycles. The van der Waals surface area contributed by atoms with E-state index in [0.717, 1.165) is 22.7 Å². The van der Waals surface area contributed by atoms with Gasteiger partial charge in [-0.2, -0.15) is 0 Å². The third-order valence-electron chi connectivity index (χ3n) is 4.97. The van der Waals surface area contributed by atoms with Crippen LogP contribution >= 0.6 is 22.9 Å². The number of halogens is 1. The molecule has 0 saturated heterocycles. The Morgan fingerprint density at radius 2 is 2.00 bits per heavy atom. The molecule has 3 unspecified atom stereocenters. The van der Waals surface area contributed by atoms with Crippen molar-refractivity contribution in [2.45, 2.75) is 65.8 Å². The second kappa shape index (κ2) is 7.02. The van der Waals surface area contributed by atoms with E-state index in [-0.39, 0.29) is 0 Å². The molecule has 1 N–H and O–H groups in total. The Morgan fingerprint density at radius 3 is 2.52 bits per heavy atom. The zero-order chi connectivity index (χ0) is 15.6. The highest BCUT2D eigenvalue weighted by Gasteiger charge is 2.37. The molecule has 120 valence electrons. The summed E-state index contributed by atoms with van der Waals surface area (Å²) in [6.07, 6.45) is 4.01. The van der Waals surface area contributed by atoms with Crippen molar-refractivity contribution in [3.05, 3.63) is 21.3 Å². The molecule has 0 amide bonds. The Morgan fingerprint density at radius 1 is 1.29 bits per heavy atom. The van der Waals surface area contributed by atoms with Gasteiger partial charge < -0.3 is 5.32 Å². The summed E-state index contributed by atoms with van der Waals surface area (Å²) in [4.78, 5) is 1.49. The van der Waals surface area contributed by atoms with Gasteiger partial charge in [-0.15, -0.1) is 11.3 Å². The lowest BCUT2D eigenvalue weighted by atomic mass is 9.65. The molecule has 1 nitrogen and oxygen atoms in total. The molecule has 0 radical (unpaired) electrons. The van der Waals surface area contributed by atoms with Crippen LogP contribution in [0, 0.1) is 17.3 Å². The second-order valence-corrected chi connectivity index (χ2v) is 9.69. The SMILES string of the molecule is CC(C)NCC1CCC(C(C)(C)C)CC1c1ccc(Cl)s1. The lowest BCUT2D eigenvalue weighted by molar-refractivity contribution is 0.129. The summed E-state index contributed by atoms with van der Waals surface area (Å²) in [7, 11) is 0. The topological polar surface area (TPSA) is 12.0 Å². The van der Waals surface area contributed by atoms with E-state index in [2.05, 4.69) is 52.1 Å². The fraction of sp³-hybridized carbons (Fsp3) is 0.778. The minimum atomic E-state index is 0.412. The van der Waals surface area contributed by atoms with Crippen molar-refractivity contribution in [1.82, 2.24) is 5.32 Å². The molecule has 3 heteroatoms. The monoisotopic (exact) mass is 327 g/mol. The highest BCUT2D eigenvalue weighted by molar-refractivity contribution is 7.16. The van der Waals surface area contributed by atoms with E-state index < -0.39 is 0 Å². The molecule has 1 aromatic rings. The maximum absolute atomic E-state index is 6.18. The van der Waals surface area contributed by atoms with Crippen LogP contribution in [-0.2, 0) is 0 Å². The van der Waals surface area contributed by atoms with Gasteiger partial charge in [-0.25, -0.2) is 0 Å². The maximum Gasteiger partial charge on any atom is 0.0931 e. The van der Waals surface area contributed by atoms with Crippen molar-refractivity contribution in [1.29, 1.82) is 0 Å². The van der Waals surface area contributed by atoms with Crippen LogP contribution in [-0.4, -0.2) is 12.6 Å². The highest BCUT2D eigenvalue weighted by Crippen LogP contribution is 2.48. The van der Waals surface area contributed by atoms with Crippen LogP contribution in [0.15, 0.2) is 12.1 Å². The van der Waals surface area contributed by atoms with Gasteiger partial charge >= 0.3 is 0 Å². The molecule has 1 heterocycles. The van der Waals surface area contributed by atoms with Crippen LogP contribution in [0.5, 0.6) is 0 Å². The number of hydrogen-bond acceptors (Lipinski definition) is 2. The Hall–Kier alpha value is -0.0500. The molecule has 1 saturated carbocycles. The number of rotatable bonds is 4. The predicted octanol–water partition coefficient (Wildman–Crippen LogP) is 5.95. The fourth-order valence-corrected chi connectivity index (χ4v) is 4.79. The molecule has 1 fully saturated rings. The molecule has 1 aliphatic rings. The van der Waals surface area contributed by atoms with Crippen LogP contribution in [0.4, 0.5) is 0 Å². The first-order chi connectivity index (χ1) is 9.77. The normalized spacial score (nSPS) is 27.3. The van der Waals surface area contributed by atoms with Crippen LogP contribution in [0.1, 0.15) is 64.7 Å². The smallest absolute Gasteiger partial charge is 0.0931 e. The maximum atomic E-state index is 6.18. The third-order valence-corrected chi connectivity index (χ3v) is 6.33. The Balaban J connectivity index is 2.13. The summed E-state index contributed by atoms with van der Waals surface area (Å²) in [5.41, 5.74) is 0.412. The van der Waals surface area contributed by atoms with Gasteiger partial charge in [0.1, 0.15) is 0 Å². The van der Waals surface area contributed by atoms with E-state index in [1.165, 1.54) is 24.1 Å². The molecular formula is C18H30ClNS. The van der Waals surface area contributed by atoms with Gasteiger partial charge in [-0.1, -0.05) is 46.2 Å². The summed E-state index contributed by atoms with van der Waals surface area (Å²) in [5.74, 6) is 2.24. The second-order valence-electron chi connectivity index (χ2n) is 7.95. The Labute approximate surface area is 139 Å². The first-order valence-electron chi connectivity index (χ1n) is 8.26. The number of thiophene rings is 1. The molecule has 2 rings (SSSR count). The van der Waals surface area contributed by atoms with Crippen LogP contribution in [0.25, 0.3) is 0 Å². The van der Waals surface area contributed by atoms with Gasteiger partial charge in [0.05, 0.1) is 4.34 Å². The number of nitrogens with one attached hydrogen (secondary N) is 1. The van der Waals surface area contributed by atoms with E-state index in [9.17, 15) is 0 Å². The predicted molar refractivity (Wildman–Crippen MR) is 95.5 cm³/mol. The fourth-order valence-electron chi connectivity index (χ4n) is 3.53. The first kappa shape index (κ1) is 17.3. The Bertz CT molecular complexity index is 446. The number of hydrogen-bond donors (Lipinski definition) is 1. The molecule has 3 atom stereocenters. The van der Waals surface area contributed by atoms with Gasteiger partial charge in [0.2, 0.25) is 0 Å². The first-order valence-corrected chi connectivity index (χ1v) is 9.45. The zero-order valence-electron chi connectivity index (χ0n) is 14.1. The molecule has 1 aliphatic carbocycles. The summed E-state index contributed by atoms with van der Waals surface area (Å²) >= 11 is 7.97. The van der Waals surface area contributed by atoms with Crippen molar-refractivity contribution >= 4 is 22.9 Å². The average molecular weight is 328 g/mol. The van der Waals surface area contributed by atoms with Gasteiger partial charge in [0.25, 0.3) is 0 Å². The van der Waals surface area contributed by atoms with Crippen LogP contribution < -0.4 is 5.32 Å². The van der Waals surface area contributed by atoms with E-state index in [4.69, 9.17) is 11.6 Å². The average Bonchev–Trinajstić information content (AvgIpc) is 2.81. The van der Waals surface area contributed by atoms with E-state index in [0.29, 0.717) is 17.4 Å². The summed E-state index contributed by atoms with van der Waals surface area (Å²) < 4.78 is 0.929. The van der Waals surface area contributed by atoms with Crippen molar-refractivity contribution < 1.29 is 0 Å². The minimum Gasteiger partial charge on any atom is -0.314 e. The zero-order valence-corrected chi connectivity index (χ0v) is 15.7. The van der Waals surface area contributed by atoms with E-state index in [1.54, 1.807) is 11.3 Å². The van der Waals surface area contributed by atoms with Crippen LogP contribution in [0.3, 0.4) is 0 Å². The standard InChI is InChI=1S/C18H30ClNS/c1-12(2)20-11-13-6-7-14(18(3,4)5)10-15(13)16-8-9-17(19)21-16/h8-9,12-15,20H,6-7,10-11H2,1-5H3. The van der Waals surface area contributed by atoms with E-state index >= 15 is 0 Å². The molecule has 0 aliphatic heterocycles. The quantitative estimate of drug-likeness (QED) is 0.721. The van der Waals surface area contributed by atoms with Gasteiger partial charge in [0.15, 0.2) is 0 Å². The minimum absolute atomic E-state index is 0.412. The van der Waals surface area contributed by atoms with Gasteiger partial charge in [-0.3, -0.25) is 0 Å². The lowest BCUT2D eigenvalue weighted by Crippen LogP contribution is -2.37. The van der Waals surface area contributed by atoms with Crippen molar-refractivity contribution in [3.63, 3.8) is 0 Å². The summed E-state index contributed by atoms with van der Waals surface area (Å²) in [5, 5.41) is 3.65.